The van der Waals surface area contributed by atoms with Gasteiger partial charge in [0.1, 0.15) is 17.3 Å². The minimum Gasteiger partial charge on any atom is -0.496 e. The molecule has 0 aliphatic carbocycles. The summed E-state index contributed by atoms with van der Waals surface area (Å²) in [5.74, 6) is 1.54. The molecule has 0 bridgehead atoms. The van der Waals surface area contributed by atoms with E-state index in [9.17, 15) is 4.39 Å². The molecule has 3 aromatic rings. The third-order valence-corrected chi connectivity index (χ3v) is 5.86. The molecule has 0 saturated carbocycles. The van der Waals surface area contributed by atoms with Crippen LogP contribution >= 0.6 is 0 Å². The summed E-state index contributed by atoms with van der Waals surface area (Å²) in [4.78, 5) is 4.82. The third-order valence-electron chi connectivity index (χ3n) is 5.86. The minimum absolute atomic E-state index is 0.0423. The van der Waals surface area contributed by atoms with E-state index in [1.54, 1.807) is 26.4 Å². The standard InChI is InChI=1S/C26H29FN2O2/c1-30-24-13-5-3-9-21(24)18-28-15-8-16-29(19-22-10-4-6-14-25(22)31-2)26(28)20-11-7-12-23(27)17-20/h3-7,9-14,17,26H,8,15-16,18-19H2,1-2H3. The van der Waals surface area contributed by atoms with E-state index in [1.165, 1.54) is 6.07 Å². The van der Waals surface area contributed by atoms with E-state index in [2.05, 4.69) is 21.9 Å². The van der Waals surface area contributed by atoms with Crippen molar-refractivity contribution in [3.05, 3.63) is 95.3 Å². The van der Waals surface area contributed by atoms with Crippen molar-refractivity contribution in [1.29, 1.82) is 0 Å². The van der Waals surface area contributed by atoms with Gasteiger partial charge in [-0.2, -0.15) is 0 Å². The molecule has 1 aliphatic heterocycles. The molecule has 0 radical (unpaired) electrons. The van der Waals surface area contributed by atoms with E-state index in [0.717, 1.165) is 60.8 Å². The second-order valence-corrected chi connectivity index (χ2v) is 7.85. The summed E-state index contributed by atoms with van der Waals surface area (Å²) in [6.07, 6.45) is 0.995. The van der Waals surface area contributed by atoms with Crippen molar-refractivity contribution in [3.8, 4) is 11.5 Å². The normalized spacial score (nSPS) is 15.7. The molecule has 0 N–H and O–H groups in total. The fraction of sp³-hybridized carbons (Fsp3) is 0.308. The zero-order chi connectivity index (χ0) is 21.6. The molecule has 0 aromatic heterocycles. The molecule has 162 valence electrons. The molecule has 0 unspecified atom stereocenters. The molecule has 4 nitrogen and oxygen atoms in total. The fourth-order valence-electron chi connectivity index (χ4n) is 4.48. The number of nitrogens with zero attached hydrogens (tertiary/aromatic N) is 2. The van der Waals surface area contributed by atoms with E-state index in [0.29, 0.717) is 0 Å². The zero-order valence-corrected chi connectivity index (χ0v) is 18.1. The first-order valence-electron chi connectivity index (χ1n) is 10.7. The van der Waals surface area contributed by atoms with Gasteiger partial charge in [-0.05, 0) is 36.2 Å². The maximum atomic E-state index is 14.2. The molecule has 31 heavy (non-hydrogen) atoms. The molecule has 1 heterocycles. The molecule has 1 saturated heterocycles. The van der Waals surface area contributed by atoms with Gasteiger partial charge >= 0.3 is 0 Å². The Morgan fingerprint density at radius 1 is 0.774 bits per heavy atom. The first kappa shape index (κ1) is 21.3. The number of hydrogen-bond acceptors (Lipinski definition) is 4. The van der Waals surface area contributed by atoms with Gasteiger partial charge in [-0.1, -0.05) is 48.5 Å². The van der Waals surface area contributed by atoms with Gasteiger partial charge in [-0.3, -0.25) is 9.80 Å². The molecule has 1 aliphatic rings. The smallest absolute Gasteiger partial charge is 0.123 e. The van der Waals surface area contributed by atoms with Gasteiger partial charge in [0.05, 0.1) is 20.4 Å². The highest BCUT2D eigenvalue weighted by Gasteiger charge is 2.32. The summed E-state index contributed by atoms with van der Waals surface area (Å²) in [6, 6.07) is 23.2. The van der Waals surface area contributed by atoms with Gasteiger partial charge in [-0.15, -0.1) is 0 Å². The summed E-state index contributed by atoms with van der Waals surface area (Å²) in [7, 11) is 3.40. The average molecular weight is 421 g/mol. The Morgan fingerprint density at radius 3 is 1.84 bits per heavy atom. The van der Waals surface area contributed by atoms with Crippen molar-refractivity contribution in [1.82, 2.24) is 9.80 Å². The molecule has 1 fully saturated rings. The maximum absolute atomic E-state index is 14.2. The number of rotatable bonds is 7. The van der Waals surface area contributed by atoms with Crippen LogP contribution < -0.4 is 9.47 Å². The van der Waals surface area contributed by atoms with Crippen molar-refractivity contribution >= 4 is 0 Å². The predicted octanol–water partition coefficient (Wildman–Crippen LogP) is 5.25. The number of methoxy groups -OCH3 is 2. The van der Waals surface area contributed by atoms with Crippen LogP contribution in [0.2, 0.25) is 0 Å². The first-order chi connectivity index (χ1) is 15.2. The molecular weight excluding hydrogens is 391 g/mol. The number of para-hydroxylation sites is 2. The second kappa shape index (κ2) is 9.94. The molecule has 3 aromatic carbocycles. The highest BCUT2D eigenvalue weighted by molar-refractivity contribution is 5.35. The Morgan fingerprint density at radius 2 is 1.32 bits per heavy atom. The molecular formula is C26H29FN2O2. The maximum Gasteiger partial charge on any atom is 0.123 e. The molecule has 4 rings (SSSR count). The fourth-order valence-corrected chi connectivity index (χ4v) is 4.48. The van der Waals surface area contributed by atoms with Gasteiger partial charge in [0.15, 0.2) is 0 Å². The summed E-state index contributed by atoms with van der Waals surface area (Å²) >= 11 is 0. The SMILES string of the molecule is COc1ccccc1CN1CCCN(Cc2ccccc2OC)C1c1cccc(F)c1. The minimum atomic E-state index is -0.211. The second-order valence-electron chi connectivity index (χ2n) is 7.85. The molecule has 0 spiro atoms. The Balaban J connectivity index is 1.68. The quantitative estimate of drug-likeness (QED) is 0.521. The van der Waals surface area contributed by atoms with Crippen LogP contribution in [0.4, 0.5) is 4.39 Å². The van der Waals surface area contributed by atoms with Crippen molar-refractivity contribution in [2.24, 2.45) is 0 Å². The predicted molar refractivity (Wildman–Crippen MR) is 121 cm³/mol. The van der Waals surface area contributed by atoms with Crippen LogP contribution in [0.1, 0.15) is 29.3 Å². The van der Waals surface area contributed by atoms with E-state index in [1.807, 2.05) is 42.5 Å². The van der Waals surface area contributed by atoms with Crippen LogP contribution in [-0.4, -0.2) is 37.1 Å². The van der Waals surface area contributed by atoms with Crippen molar-refractivity contribution in [3.63, 3.8) is 0 Å². The van der Waals surface area contributed by atoms with Crippen LogP contribution in [0, 0.1) is 5.82 Å². The average Bonchev–Trinajstić information content (AvgIpc) is 2.80. The van der Waals surface area contributed by atoms with Crippen LogP contribution in [0.5, 0.6) is 11.5 Å². The summed E-state index contributed by atoms with van der Waals surface area (Å²) in [5.41, 5.74) is 3.22. The van der Waals surface area contributed by atoms with Gasteiger partial charge < -0.3 is 9.47 Å². The zero-order valence-electron chi connectivity index (χ0n) is 18.1. The topological polar surface area (TPSA) is 24.9 Å². The van der Waals surface area contributed by atoms with E-state index in [4.69, 9.17) is 9.47 Å². The van der Waals surface area contributed by atoms with Crippen molar-refractivity contribution in [2.75, 3.05) is 27.3 Å². The molecule has 5 heteroatoms. The summed E-state index contributed by atoms with van der Waals surface area (Å²) in [6.45, 7) is 3.32. The lowest BCUT2D eigenvalue weighted by Gasteiger charge is -2.44. The van der Waals surface area contributed by atoms with Gasteiger partial charge in [-0.25, -0.2) is 4.39 Å². The highest BCUT2D eigenvalue weighted by atomic mass is 19.1. The van der Waals surface area contributed by atoms with Crippen molar-refractivity contribution < 1.29 is 13.9 Å². The summed E-state index contributed by atoms with van der Waals surface area (Å²) in [5, 5.41) is 0. The van der Waals surface area contributed by atoms with Crippen LogP contribution in [-0.2, 0) is 13.1 Å². The number of benzene rings is 3. The lowest BCUT2D eigenvalue weighted by atomic mass is 10.0. The van der Waals surface area contributed by atoms with Gasteiger partial charge in [0.25, 0.3) is 0 Å². The Labute approximate surface area is 183 Å². The van der Waals surface area contributed by atoms with Crippen LogP contribution in [0.15, 0.2) is 72.8 Å². The van der Waals surface area contributed by atoms with E-state index in [-0.39, 0.29) is 12.0 Å². The van der Waals surface area contributed by atoms with Gasteiger partial charge in [0, 0.05) is 37.3 Å². The lowest BCUT2D eigenvalue weighted by molar-refractivity contribution is -0.00992. The van der Waals surface area contributed by atoms with Crippen LogP contribution in [0.25, 0.3) is 0 Å². The number of halogens is 1. The van der Waals surface area contributed by atoms with E-state index >= 15 is 0 Å². The van der Waals surface area contributed by atoms with Gasteiger partial charge in [0.2, 0.25) is 0 Å². The van der Waals surface area contributed by atoms with E-state index < -0.39 is 0 Å². The first-order valence-corrected chi connectivity index (χ1v) is 10.7. The largest absolute Gasteiger partial charge is 0.496 e. The van der Waals surface area contributed by atoms with Crippen molar-refractivity contribution in [2.45, 2.75) is 25.7 Å². The monoisotopic (exact) mass is 420 g/mol. The molecule has 0 atom stereocenters. The number of hydrogen-bond donors (Lipinski definition) is 0. The highest BCUT2D eigenvalue weighted by Crippen LogP contribution is 2.34. The third kappa shape index (κ3) is 4.89. The lowest BCUT2D eigenvalue weighted by Crippen LogP contribution is -2.47. The Hall–Kier alpha value is -2.89. The Kier molecular flexibility index (Phi) is 6.85. The van der Waals surface area contributed by atoms with Crippen LogP contribution in [0.3, 0.4) is 0 Å². The number of ether oxygens (including phenoxy) is 2. The summed E-state index contributed by atoms with van der Waals surface area (Å²) < 4.78 is 25.4. The molecule has 0 amide bonds. The Bertz CT molecular complexity index is 952.